The highest BCUT2D eigenvalue weighted by atomic mass is 79.9. The van der Waals surface area contributed by atoms with Gasteiger partial charge in [-0.15, -0.1) is 0 Å². The van der Waals surface area contributed by atoms with Crippen molar-refractivity contribution in [1.29, 1.82) is 0 Å². The average molecular weight is 359 g/mol. The van der Waals surface area contributed by atoms with Crippen LogP contribution in [0.25, 0.3) is 0 Å². The van der Waals surface area contributed by atoms with E-state index in [1.54, 1.807) is 0 Å². The first-order valence-corrected chi connectivity index (χ1v) is 6.60. The van der Waals surface area contributed by atoms with E-state index in [-0.39, 0.29) is 11.3 Å². The van der Waals surface area contributed by atoms with Crippen molar-refractivity contribution < 1.29 is 18.4 Å². The molecule has 0 aliphatic carbocycles. The number of hydrogen-bond donors (Lipinski definition) is 0. The van der Waals surface area contributed by atoms with Crippen molar-refractivity contribution in [2.24, 2.45) is 0 Å². The number of ether oxygens (including phenoxy) is 1. The third-order valence-electron chi connectivity index (χ3n) is 2.68. The van der Waals surface area contributed by atoms with Gasteiger partial charge in [0.1, 0.15) is 17.7 Å². The van der Waals surface area contributed by atoms with E-state index in [0.29, 0.717) is 4.47 Å². The van der Waals surface area contributed by atoms with Crippen LogP contribution in [0.3, 0.4) is 0 Å². The Bertz CT molecular complexity index is 677. The predicted molar refractivity (Wildman–Crippen MR) is 74.0 cm³/mol. The molecule has 0 amide bonds. The molecule has 1 aromatic carbocycles. The van der Waals surface area contributed by atoms with Gasteiger partial charge in [-0.3, -0.25) is 0 Å². The van der Waals surface area contributed by atoms with Crippen LogP contribution in [0.15, 0.2) is 34.9 Å². The lowest BCUT2D eigenvalue weighted by Crippen LogP contribution is -2.09. The quantitative estimate of drug-likeness (QED) is 0.607. The summed E-state index contributed by atoms with van der Waals surface area (Å²) in [6.45, 7) is 1.39. The molecule has 0 saturated carbocycles. The highest BCUT2D eigenvalue weighted by Gasteiger charge is 2.23. The molecule has 1 heterocycles. The van der Waals surface area contributed by atoms with E-state index in [9.17, 15) is 18.9 Å². The van der Waals surface area contributed by atoms with Crippen LogP contribution >= 0.6 is 15.9 Å². The standard InChI is InChI=1S/C13H9BrF2N2O3/c1-7(12-9(15)3-2-4-10(12)16)21-11-5-8(14)6-17-13(11)18(19)20/h2-7H,1H3/t7-/m0/s1. The van der Waals surface area contributed by atoms with Crippen LogP contribution < -0.4 is 4.74 Å². The molecule has 5 nitrogen and oxygen atoms in total. The van der Waals surface area contributed by atoms with E-state index < -0.39 is 28.5 Å². The number of rotatable bonds is 4. The van der Waals surface area contributed by atoms with Crippen molar-refractivity contribution in [2.75, 3.05) is 0 Å². The fraction of sp³-hybridized carbons (Fsp3) is 0.154. The fourth-order valence-electron chi connectivity index (χ4n) is 1.79. The zero-order valence-electron chi connectivity index (χ0n) is 10.7. The van der Waals surface area contributed by atoms with Gasteiger partial charge in [0.2, 0.25) is 5.75 Å². The van der Waals surface area contributed by atoms with Gasteiger partial charge in [-0.05, 0) is 44.9 Å². The van der Waals surface area contributed by atoms with Crippen molar-refractivity contribution in [3.63, 3.8) is 0 Å². The minimum atomic E-state index is -1.05. The van der Waals surface area contributed by atoms with Crippen molar-refractivity contribution in [3.8, 4) is 5.75 Å². The molecule has 0 aliphatic rings. The zero-order chi connectivity index (χ0) is 15.6. The van der Waals surface area contributed by atoms with E-state index in [1.165, 1.54) is 25.3 Å². The first kappa shape index (κ1) is 15.3. The molecule has 0 aliphatic heterocycles. The summed E-state index contributed by atoms with van der Waals surface area (Å²) in [6, 6.07) is 4.72. The zero-order valence-corrected chi connectivity index (χ0v) is 12.3. The van der Waals surface area contributed by atoms with Gasteiger partial charge in [0, 0.05) is 6.07 Å². The molecular weight excluding hydrogens is 350 g/mol. The van der Waals surface area contributed by atoms with Gasteiger partial charge in [0.05, 0.1) is 10.0 Å². The summed E-state index contributed by atoms with van der Waals surface area (Å²) >= 11 is 3.11. The molecule has 0 radical (unpaired) electrons. The van der Waals surface area contributed by atoms with Crippen molar-refractivity contribution in [2.45, 2.75) is 13.0 Å². The molecule has 2 aromatic rings. The molecular formula is C13H9BrF2N2O3. The number of pyridine rings is 1. The molecule has 0 fully saturated rings. The molecule has 0 N–H and O–H groups in total. The van der Waals surface area contributed by atoms with Gasteiger partial charge in [-0.25, -0.2) is 8.78 Å². The van der Waals surface area contributed by atoms with Gasteiger partial charge < -0.3 is 14.9 Å². The summed E-state index contributed by atoms with van der Waals surface area (Å²) in [5.74, 6) is -2.27. The van der Waals surface area contributed by atoms with E-state index in [0.717, 1.165) is 12.1 Å². The Morgan fingerprint density at radius 1 is 1.38 bits per heavy atom. The van der Waals surface area contributed by atoms with Crippen LogP contribution in [0.5, 0.6) is 5.75 Å². The summed E-state index contributed by atoms with van der Waals surface area (Å²) < 4.78 is 33.1. The summed E-state index contributed by atoms with van der Waals surface area (Å²) in [4.78, 5) is 13.8. The molecule has 21 heavy (non-hydrogen) atoms. The minimum Gasteiger partial charge on any atom is -0.478 e. The second-order valence-electron chi connectivity index (χ2n) is 4.13. The lowest BCUT2D eigenvalue weighted by molar-refractivity contribution is -0.390. The third kappa shape index (κ3) is 3.33. The Balaban J connectivity index is 2.38. The maximum Gasteiger partial charge on any atom is 0.406 e. The van der Waals surface area contributed by atoms with Crippen LogP contribution in [-0.4, -0.2) is 9.91 Å². The van der Waals surface area contributed by atoms with Crippen LogP contribution in [0.1, 0.15) is 18.6 Å². The van der Waals surface area contributed by atoms with Gasteiger partial charge >= 0.3 is 5.82 Å². The second kappa shape index (κ2) is 6.13. The summed E-state index contributed by atoms with van der Waals surface area (Å²) in [7, 11) is 0. The molecule has 110 valence electrons. The number of benzene rings is 1. The number of halogens is 3. The van der Waals surface area contributed by atoms with Crippen LogP contribution in [-0.2, 0) is 0 Å². The first-order valence-electron chi connectivity index (χ1n) is 5.80. The van der Waals surface area contributed by atoms with E-state index in [4.69, 9.17) is 4.74 Å². The number of nitro groups is 1. The molecule has 0 saturated heterocycles. The highest BCUT2D eigenvalue weighted by Crippen LogP contribution is 2.32. The maximum absolute atomic E-state index is 13.7. The van der Waals surface area contributed by atoms with Gasteiger partial charge in [0.25, 0.3) is 0 Å². The van der Waals surface area contributed by atoms with E-state index >= 15 is 0 Å². The molecule has 8 heteroatoms. The molecule has 1 aromatic heterocycles. The molecule has 0 bridgehead atoms. The predicted octanol–water partition coefficient (Wildman–Crippen LogP) is 4.17. The number of nitrogens with zero attached hydrogens (tertiary/aromatic N) is 2. The van der Waals surface area contributed by atoms with Crippen molar-refractivity contribution >= 4 is 21.7 Å². The normalized spacial score (nSPS) is 12.0. The Kier molecular flexibility index (Phi) is 4.46. The highest BCUT2D eigenvalue weighted by molar-refractivity contribution is 9.10. The lowest BCUT2D eigenvalue weighted by Gasteiger charge is -2.16. The Morgan fingerprint density at radius 2 is 2.00 bits per heavy atom. The molecule has 0 spiro atoms. The SMILES string of the molecule is C[C@H](Oc1cc(Br)cnc1[N+](=O)[O-])c1c(F)cccc1F. The molecule has 2 rings (SSSR count). The third-order valence-corrected chi connectivity index (χ3v) is 3.12. The van der Waals surface area contributed by atoms with Crippen LogP contribution in [0.4, 0.5) is 14.6 Å². The lowest BCUT2D eigenvalue weighted by atomic mass is 10.1. The number of aromatic nitrogens is 1. The largest absolute Gasteiger partial charge is 0.478 e. The topological polar surface area (TPSA) is 65.3 Å². The molecule has 1 atom stereocenters. The van der Waals surface area contributed by atoms with Crippen LogP contribution in [0, 0.1) is 21.7 Å². The van der Waals surface area contributed by atoms with Crippen molar-refractivity contribution in [3.05, 3.63) is 62.2 Å². The van der Waals surface area contributed by atoms with E-state index in [1.807, 2.05) is 0 Å². The van der Waals surface area contributed by atoms with Gasteiger partial charge in [-0.1, -0.05) is 6.07 Å². The fourth-order valence-corrected chi connectivity index (χ4v) is 2.10. The first-order chi connectivity index (χ1) is 9.90. The summed E-state index contributed by atoms with van der Waals surface area (Å²) in [5, 5.41) is 10.9. The number of hydrogen-bond acceptors (Lipinski definition) is 4. The minimum absolute atomic E-state index is 0.176. The Labute approximate surface area is 126 Å². The average Bonchev–Trinajstić information content (AvgIpc) is 2.38. The summed E-state index contributed by atoms with van der Waals surface area (Å²) in [6.07, 6.45) is 0.181. The molecule has 0 unspecified atom stereocenters. The second-order valence-corrected chi connectivity index (χ2v) is 5.04. The maximum atomic E-state index is 13.7. The summed E-state index contributed by atoms with van der Waals surface area (Å²) in [5.41, 5.74) is -0.299. The van der Waals surface area contributed by atoms with Gasteiger partial charge in [-0.2, -0.15) is 0 Å². The monoisotopic (exact) mass is 358 g/mol. The van der Waals surface area contributed by atoms with E-state index in [2.05, 4.69) is 20.9 Å². The smallest absolute Gasteiger partial charge is 0.406 e. The Hall–Kier alpha value is -2.09. The van der Waals surface area contributed by atoms with Crippen molar-refractivity contribution in [1.82, 2.24) is 4.98 Å². The van der Waals surface area contributed by atoms with Gasteiger partial charge in [0.15, 0.2) is 6.20 Å². The van der Waals surface area contributed by atoms with Crippen LogP contribution in [0.2, 0.25) is 0 Å². The Morgan fingerprint density at radius 3 is 2.57 bits per heavy atom.